The van der Waals surface area contributed by atoms with E-state index in [1.165, 1.54) is 6.92 Å². The zero-order chi connectivity index (χ0) is 29.0. The Hall–Kier alpha value is -2.00. The van der Waals surface area contributed by atoms with Crippen molar-refractivity contribution in [1.82, 2.24) is 20.0 Å². The molecular weight excluding hydrogens is 496 g/mol. The Morgan fingerprint density at radius 2 is 1.28 bits per heavy atom. The van der Waals surface area contributed by atoms with Crippen LogP contribution in [0.4, 0.5) is 0 Å². The molecular formula is C30H52N4O5. The SMILES string of the molecule is CC(=O)C1CCCN1C(=O)C1CCCN1C(=O)C1CCCN1C(=O)CCC(C)(C)OCCC(C)(C)NC(C)C. The fourth-order valence-corrected chi connectivity index (χ4v) is 6.51. The van der Waals surface area contributed by atoms with Gasteiger partial charge in [-0.25, -0.2) is 0 Å². The van der Waals surface area contributed by atoms with Gasteiger partial charge < -0.3 is 24.8 Å². The Bertz CT molecular complexity index is 902. The lowest BCUT2D eigenvalue weighted by Crippen LogP contribution is -2.54. The molecule has 1 N–H and O–H groups in total. The molecule has 0 aliphatic carbocycles. The van der Waals surface area contributed by atoms with Crippen molar-refractivity contribution in [2.75, 3.05) is 26.2 Å². The highest BCUT2D eigenvalue weighted by atomic mass is 16.5. The van der Waals surface area contributed by atoms with Crippen molar-refractivity contribution in [3.05, 3.63) is 0 Å². The predicted octanol–water partition coefficient (Wildman–Crippen LogP) is 3.29. The molecule has 3 saturated heterocycles. The molecule has 0 aromatic carbocycles. The van der Waals surface area contributed by atoms with Crippen LogP contribution in [0.15, 0.2) is 0 Å². The van der Waals surface area contributed by atoms with E-state index in [1.54, 1.807) is 14.7 Å². The van der Waals surface area contributed by atoms with Gasteiger partial charge in [0, 0.05) is 44.2 Å². The molecule has 3 unspecified atom stereocenters. The molecule has 0 aromatic heterocycles. The number of amides is 3. The molecule has 3 amide bonds. The molecule has 3 rings (SSSR count). The van der Waals surface area contributed by atoms with Crippen LogP contribution in [0, 0.1) is 0 Å². The Morgan fingerprint density at radius 1 is 0.795 bits per heavy atom. The lowest BCUT2D eigenvalue weighted by Gasteiger charge is -2.34. The summed E-state index contributed by atoms with van der Waals surface area (Å²) in [6.07, 6.45) is 6.05. The molecule has 3 atom stereocenters. The molecule has 0 radical (unpaired) electrons. The van der Waals surface area contributed by atoms with Gasteiger partial charge in [0.1, 0.15) is 12.1 Å². The molecule has 222 valence electrons. The first-order chi connectivity index (χ1) is 18.2. The largest absolute Gasteiger partial charge is 0.375 e. The number of hydrogen-bond donors (Lipinski definition) is 1. The molecule has 3 fully saturated rings. The summed E-state index contributed by atoms with van der Waals surface area (Å²) in [5, 5.41) is 3.55. The zero-order valence-corrected chi connectivity index (χ0v) is 25.4. The second-order valence-corrected chi connectivity index (χ2v) is 13.3. The van der Waals surface area contributed by atoms with Gasteiger partial charge in [0.15, 0.2) is 5.78 Å². The summed E-state index contributed by atoms with van der Waals surface area (Å²) in [6.45, 7) is 16.4. The van der Waals surface area contributed by atoms with Crippen LogP contribution in [0.3, 0.4) is 0 Å². The third kappa shape index (κ3) is 8.26. The van der Waals surface area contributed by atoms with Crippen LogP contribution in [0.5, 0.6) is 0 Å². The number of carbonyl (C=O) groups is 4. The maximum atomic E-state index is 13.7. The van der Waals surface area contributed by atoms with Gasteiger partial charge in [0.2, 0.25) is 17.7 Å². The number of nitrogens with zero attached hydrogens (tertiary/aromatic N) is 3. The number of likely N-dealkylation sites (tertiary alicyclic amines) is 3. The van der Waals surface area contributed by atoms with Crippen molar-refractivity contribution in [3.63, 3.8) is 0 Å². The molecule has 3 aliphatic rings. The van der Waals surface area contributed by atoms with E-state index in [0.29, 0.717) is 64.4 Å². The van der Waals surface area contributed by atoms with Crippen molar-refractivity contribution >= 4 is 23.5 Å². The van der Waals surface area contributed by atoms with Crippen molar-refractivity contribution in [3.8, 4) is 0 Å². The van der Waals surface area contributed by atoms with E-state index in [9.17, 15) is 19.2 Å². The Morgan fingerprint density at radius 3 is 1.82 bits per heavy atom. The normalized spacial score (nSPS) is 24.2. The second kappa shape index (κ2) is 13.1. The smallest absolute Gasteiger partial charge is 0.246 e. The average Bonchev–Trinajstić information content (AvgIpc) is 3.60. The first-order valence-corrected chi connectivity index (χ1v) is 15.0. The van der Waals surface area contributed by atoms with Crippen molar-refractivity contribution in [2.24, 2.45) is 0 Å². The van der Waals surface area contributed by atoms with E-state index in [1.807, 2.05) is 13.8 Å². The topological polar surface area (TPSA) is 99.3 Å². The standard InChI is InChI=1S/C30H52N4O5/c1-21(2)31-29(4,5)16-20-39-30(6,7)15-14-26(36)32-17-9-12-24(32)27(37)34-19-10-13-25(34)28(38)33-18-8-11-23(33)22(3)35/h21,23-25,31H,8-20H2,1-7H3. The first-order valence-electron chi connectivity index (χ1n) is 15.0. The van der Waals surface area contributed by atoms with Crippen LogP contribution in [0.25, 0.3) is 0 Å². The number of carbonyl (C=O) groups excluding carboxylic acids is 4. The van der Waals surface area contributed by atoms with E-state index in [2.05, 4.69) is 33.0 Å². The summed E-state index contributed by atoms with van der Waals surface area (Å²) in [6, 6.07) is -1.02. The summed E-state index contributed by atoms with van der Waals surface area (Å²) in [5.41, 5.74) is -0.474. The van der Waals surface area contributed by atoms with E-state index in [0.717, 1.165) is 25.7 Å². The second-order valence-electron chi connectivity index (χ2n) is 13.3. The van der Waals surface area contributed by atoms with Crippen molar-refractivity contribution in [1.29, 1.82) is 0 Å². The highest BCUT2D eigenvalue weighted by molar-refractivity contribution is 5.95. The molecule has 0 bridgehead atoms. The number of Topliss-reactive ketones (excluding diaryl/α,β-unsaturated/α-hetero) is 1. The van der Waals surface area contributed by atoms with Crippen LogP contribution in [-0.2, 0) is 23.9 Å². The molecule has 9 nitrogen and oxygen atoms in total. The first kappa shape index (κ1) is 31.5. The lowest BCUT2D eigenvalue weighted by atomic mass is 9.99. The molecule has 0 spiro atoms. The van der Waals surface area contributed by atoms with Gasteiger partial charge in [-0.05, 0) is 86.0 Å². The van der Waals surface area contributed by atoms with Gasteiger partial charge in [0.05, 0.1) is 11.6 Å². The molecule has 3 aliphatic heterocycles. The Labute approximate surface area is 235 Å². The monoisotopic (exact) mass is 548 g/mol. The number of hydrogen-bond acceptors (Lipinski definition) is 6. The third-order valence-electron chi connectivity index (χ3n) is 8.52. The van der Waals surface area contributed by atoms with Crippen LogP contribution < -0.4 is 5.32 Å². The highest BCUT2D eigenvalue weighted by Gasteiger charge is 2.45. The van der Waals surface area contributed by atoms with Crippen LogP contribution >= 0.6 is 0 Å². The van der Waals surface area contributed by atoms with Gasteiger partial charge in [-0.15, -0.1) is 0 Å². The summed E-state index contributed by atoms with van der Waals surface area (Å²) < 4.78 is 6.18. The van der Waals surface area contributed by atoms with Crippen LogP contribution in [-0.4, -0.2) is 99.8 Å². The number of ketones is 1. The van der Waals surface area contributed by atoms with E-state index in [4.69, 9.17) is 4.74 Å². The molecule has 3 heterocycles. The molecule has 0 aromatic rings. The zero-order valence-electron chi connectivity index (χ0n) is 25.4. The fourth-order valence-electron chi connectivity index (χ4n) is 6.51. The fraction of sp³-hybridized carbons (Fsp3) is 0.867. The molecule has 9 heteroatoms. The predicted molar refractivity (Wildman–Crippen MR) is 151 cm³/mol. The van der Waals surface area contributed by atoms with Crippen LogP contribution in [0.2, 0.25) is 0 Å². The maximum Gasteiger partial charge on any atom is 0.246 e. The summed E-state index contributed by atoms with van der Waals surface area (Å²) in [5.74, 6) is -0.250. The van der Waals surface area contributed by atoms with E-state index < -0.39 is 17.7 Å². The lowest BCUT2D eigenvalue weighted by molar-refractivity contribution is -0.150. The third-order valence-corrected chi connectivity index (χ3v) is 8.52. The quantitative estimate of drug-likeness (QED) is 0.402. The summed E-state index contributed by atoms with van der Waals surface area (Å²) in [4.78, 5) is 57.5. The number of nitrogens with one attached hydrogen (secondary N) is 1. The van der Waals surface area contributed by atoms with Gasteiger partial charge in [0.25, 0.3) is 0 Å². The molecule has 39 heavy (non-hydrogen) atoms. The summed E-state index contributed by atoms with van der Waals surface area (Å²) >= 11 is 0. The highest BCUT2D eigenvalue weighted by Crippen LogP contribution is 2.29. The van der Waals surface area contributed by atoms with E-state index in [-0.39, 0.29) is 35.1 Å². The van der Waals surface area contributed by atoms with Gasteiger partial charge in [-0.3, -0.25) is 19.2 Å². The van der Waals surface area contributed by atoms with Crippen LogP contribution in [0.1, 0.15) is 106 Å². The van der Waals surface area contributed by atoms with Gasteiger partial charge in [-0.1, -0.05) is 13.8 Å². The maximum absolute atomic E-state index is 13.7. The Balaban J connectivity index is 1.54. The van der Waals surface area contributed by atoms with Crippen molar-refractivity contribution in [2.45, 2.75) is 142 Å². The van der Waals surface area contributed by atoms with Crippen molar-refractivity contribution < 1.29 is 23.9 Å². The minimum atomic E-state index is -0.531. The van der Waals surface area contributed by atoms with E-state index >= 15 is 0 Å². The minimum Gasteiger partial charge on any atom is -0.375 e. The average molecular weight is 549 g/mol. The molecule has 0 saturated carbocycles. The minimum absolute atomic E-state index is 0.00660. The number of ether oxygens (including phenoxy) is 1. The number of rotatable bonds is 12. The Kier molecular flexibility index (Phi) is 10.6. The van der Waals surface area contributed by atoms with Gasteiger partial charge in [-0.2, -0.15) is 0 Å². The van der Waals surface area contributed by atoms with Gasteiger partial charge >= 0.3 is 0 Å². The summed E-state index contributed by atoms with van der Waals surface area (Å²) in [7, 11) is 0.